The number of alkyl carbamates (subject to hydrolysis) is 1. The Bertz CT molecular complexity index is 1070. The lowest BCUT2D eigenvalue weighted by Gasteiger charge is -2.28. The number of carbonyl (C=O) groups is 3. The normalized spacial score (nSPS) is 23.3. The third-order valence-electron chi connectivity index (χ3n) is 7.62. The molecule has 2 amide bonds. The minimum atomic E-state index is -0.846. The van der Waals surface area contributed by atoms with E-state index >= 15 is 0 Å². The fourth-order valence-electron chi connectivity index (χ4n) is 6.11. The van der Waals surface area contributed by atoms with Crippen LogP contribution in [-0.4, -0.2) is 52.7 Å². The molecule has 0 aromatic heterocycles. The minimum Gasteiger partial charge on any atom is -0.481 e. The SMILES string of the molecule is CCC[C@H](NC(=O)OCC1c2ccccc2-c2ccccc21)C(=O)N1C2CCC1C(C(=O)O)C2. The number of hydrogen-bond acceptors (Lipinski definition) is 4. The second kappa shape index (κ2) is 9.12. The standard InChI is InChI=1S/C27H30N2O5/c1-2-7-23(25(30)29-16-12-13-24(29)21(14-16)26(31)32)28-27(33)34-15-22-19-10-5-3-8-17(19)18-9-4-6-11-20(18)22/h3-6,8-11,16,21-24H,2,7,12-15H2,1H3,(H,28,33)(H,31,32)/t16?,21?,23-,24?/m0/s1. The average Bonchev–Trinajstić information content (AvgIpc) is 3.52. The molecule has 2 aliphatic heterocycles. The van der Waals surface area contributed by atoms with Crippen molar-refractivity contribution in [3.05, 3.63) is 59.7 Å². The first-order valence-corrected chi connectivity index (χ1v) is 12.2. The van der Waals surface area contributed by atoms with Gasteiger partial charge in [-0.2, -0.15) is 0 Å². The van der Waals surface area contributed by atoms with Crippen LogP contribution in [0.2, 0.25) is 0 Å². The number of amides is 2. The molecule has 7 nitrogen and oxygen atoms in total. The summed E-state index contributed by atoms with van der Waals surface area (Å²) < 4.78 is 5.64. The summed E-state index contributed by atoms with van der Waals surface area (Å²) in [7, 11) is 0. The summed E-state index contributed by atoms with van der Waals surface area (Å²) in [5.41, 5.74) is 4.57. The highest BCUT2D eigenvalue weighted by atomic mass is 16.5. The molecule has 3 unspecified atom stereocenters. The molecule has 34 heavy (non-hydrogen) atoms. The molecule has 2 aromatic rings. The maximum atomic E-state index is 13.4. The lowest BCUT2D eigenvalue weighted by molar-refractivity contribution is -0.143. The van der Waals surface area contributed by atoms with Crippen LogP contribution in [0.1, 0.15) is 56.1 Å². The lowest BCUT2D eigenvalue weighted by atomic mass is 9.89. The number of ether oxygens (including phenoxy) is 1. The second-order valence-electron chi connectivity index (χ2n) is 9.54. The molecule has 3 aliphatic rings. The van der Waals surface area contributed by atoms with E-state index in [0.717, 1.165) is 28.7 Å². The van der Waals surface area contributed by atoms with Crippen LogP contribution in [0.25, 0.3) is 11.1 Å². The largest absolute Gasteiger partial charge is 0.481 e. The molecule has 4 atom stereocenters. The van der Waals surface area contributed by atoms with Crippen LogP contribution in [0.5, 0.6) is 0 Å². The van der Waals surface area contributed by atoms with Gasteiger partial charge in [0.15, 0.2) is 0 Å². The molecule has 0 spiro atoms. The van der Waals surface area contributed by atoms with Crippen molar-refractivity contribution >= 4 is 18.0 Å². The molecule has 0 radical (unpaired) electrons. The maximum Gasteiger partial charge on any atom is 0.407 e. The highest BCUT2D eigenvalue weighted by Gasteiger charge is 2.52. The summed E-state index contributed by atoms with van der Waals surface area (Å²) in [6.07, 6.45) is 2.61. The molecule has 5 rings (SSSR count). The number of fused-ring (bicyclic) bond motifs is 5. The van der Waals surface area contributed by atoms with Gasteiger partial charge in [-0.05, 0) is 47.9 Å². The Balaban J connectivity index is 1.26. The zero-order chi connectivity index (χ0) is 23.8. The van der Waals surface area contributed by atoms with Gasteiger partial charge in [0.05, 0.1) is 5.92 Å². The van der Waals surface area contributed by atoms with Crippen LogP contribution in [-0.2, 0) is 14.3 Å². The molecule has 2 fully saturated rings. The van der Waals surface area contributed by atoms with Crippen molar-refractivity contribution in [2.24, 2.45) is 5.92 Å². The van der Waals surface area contributed by atoms with Crippen LogP contribution >= 0.6 is 0 Å². The fraction of sp³-hybridized carbons (Fsp3) is 0.444. The van der Waals surface area contributed by atoms with E-state index < -0.39 is 24.0 Å². The van der Waals surface area contributed by atoms with Crippen molar-refractivity contribution in [3.8, 4) is 11.1 Å². The number of nitrogens with one attached hydrogen (secondary N) is 1. The second-order valence-corrected chi connectivity index (χ2v) is 9.54. The maximum absolute atomic E-state index is 13.4. The van der Waals surface area contributed by atoms with Crippen LogP contribution in [0.15, 0.2) is 48.5 Å². The van der Waals surface area contributed by atoms with Gasteiger partial charge >= 0.3 is 12.1 Å². The zero-order valence-electron chi connectivity index (χ0n) is 19.3. The van der Waals surface area contributed by atoms with Gasteiger partial charge in [-0.1, -0.05) is 61.9 Å². The highest BCUT2D eigenvalue weighted by Crippen LogP contribution is 2.45. The fourth-order valence-corrected chi connectivity index (χ4v) is 6.11. The minimum absolute atomic E-state index is 0.0516. The third kappa shape index (κ3) is 3.83. The molecule has 2 heterocycles. The smallest absolute Gasteiger partial charge is 0.407 e. The highest BCUT2D eigenvalue weighted by molar-refractivity contribution is 5.88. The lowest BCUT2D eigenvalue weighted by Crippen LogP contribution is -2.51. The van der Waals surface area contributed by atoms with Gasteiger partial charge in [0.1, 0.15) is 12.6 Å². The Morgan fingerprint density at radius 1 is 1.06 bits per heavy atom. The molecule has 0 saturated carbocycles. The van der Waals surface area contributed by atoms with Crippen molar-refractivity contribution < 1.29 is 24.2 Å². The quantitative estimate of drug-likeness (QED) is 0.644. The number of aliphatic carboxylic acids is 1. The van der Waals surface area contributed by atoms with Gasteiger partial charge in [-0.25, -0.2) is 4.79 Å². The van der Waals surface area contributed by atoms with Gasteiger partial charge in [-0.15, -0.1) is 0 Å². The third-order valence-corrected chi connectivity index (χ3v) is 7.62. The van der Waals surface area contributed by atoms with Crippen molar-refractivity contribution in [2.75, 3.05) is 6.61 Å². The Morgan fingerprint density at radius 2 is 1.71 bits per heavy atom. The summed E-state index contributed by atoms with van der Waals surface area (Å²) in [6.45, 7) is 2.14. The van der Waals surface area contributed by atoms with Crippen molar-refractivity contribution in [2.45, 2.75) is 63.1 Å². The molecule has 2 aromatic carbocycles. The predicted molar refractivity (Wildman–Crippen MR) is 126 cm³/mol. The van der Waals surface area contributed by atoms with Crippen molar-refractivity contribution in [1.82, 2.24) is 10.2 Å². The molecule has 2 N–H and O–H groups in total. The van der Waals surface area contributed by atoms with E-state index in [0.29, 0.717) is 25.7 Å². The Labute approximate surface area is 199 Å². The molecular weight excluding hydrogens is 432 g/mol. The van der Waals surface area contributed by atoms with E-state index in [1.807, 2.05) is 31.2 Å². The van der Waals surface area contributed by atoms with E-state index in [2.05, 4.69) is 29.6 Å². The first-order chi connectivity index (χ1) is 16.5. The van der Waals surface area contributed by atoms with E-state index in [4.69, 9.17) is 4.74 Å². The number of rotatable bonds is 7. The Kier molecular flexibility index (Phi) is 6.02. The Hall–Kier alpha value is -3.35. The van der Waals surface area contributed by atoms with E-state index in [9.17, 15) is 19.5 Å². The summed E-state index contributed by atoms with van der Waals surface area (Å²) in [6, 6.07) is 15.2. The molecule has 2 saturated heterocycles. The van der Waals surface area contributed by atoms with Crippen molar-refractivity contribution in [3.63, 3.8) is 0 Å². The first kappa shape index (κ1) is 22.4. The number of nitrogens with zero attached hydrogens (tertiary/aromatic N) is 1. The van der Waals surface area contributed by atoms with Gasteiger partial charge < -0.3 is 20.1 Å². The Morgan fingerprint density at radius 3 is 2.29 bits per heavy atom. The van der Waals surface area contributed by atoms with E-state index in [1.165, 1.54) is 0 Å². The van der Waals surface area contributed by atoms with Gasteiger partial charge in [0.25, 0.3) is 0 Å². The summed E-state index contributed by atoms with van der Waals surface area (Å²) in [4.78, 5) is 39.4. The number of carboxylic acids is 1. The topological polar surface area (TPSA) is 95.9 Å². The van der Waals surface area contributed by atoms with Crippen LogP contribution in [0.3, 0.4) is 0 Å². The predicted octanol–water partition coefficient (Wildman–Crippen LogP) is 4.16. The molecule has 178 valence electrons. The van der Waals surface area contributed by atoms with Gasteiger partial charge in [0, 0.05) is 18.0 Å². The van der Waals surface area contributed by atoms with Crippen LogP contribution in [0, 0.1) is 5.92 Å². The summed E-state index contributed by atoms with van der Waals surface area (Å²) >= 11 is 0. The molecule has 7 heteroatoms. The molecule has 1 aliphatic carbocycles. The van der Waals surface area contributed by atoms with Crippen LogP contribution < -0.4 is 5.32 Å². The number of hydrogen-bond donors (Lipinski definition) is 2. The van der Waals surface area contributed by atoms with Crippen LogP contribution in [0.4, 0.5) is 4.79 Å². The summed E-state index contributed by atoms with van der Waals surface area (Å²) in [5, 5.41) is 12.3. The molecule has 2 bridgehead atoms. The van der Waals surface area contributed by atoms with E-state index in [1.54, 1.807) is 4.90 Å². The van der Waals surface area contributed by atoms with E-state index in [-0.39, 0.29) is 30.5 Å². The average molecular weight is 463 g/mol. The first-order valence-electron chi connectivity index (χ1n) is 12.2. The molecular formula is C27H30N2O5. The number of benzene rings is 2. The van der Waals surface area contributed by atoms with Gasteiger partial charge in [0.2, 0.25) is 5.91 Å². The summed E-state index contributed by atoms with van der Waals surface area (Å²) in [5.74, 6) is -1.60. The van der Waals surface area contributed by atoms with Gasteiger partial charge in [-0.3, -0.25) is 9.59 Å². The number of carboxylic acid groups (broad SMARTS) is 1. The monoisotopic (exact) mass is 462 g/mol. The zero-order valence-corrected chi connectivity index (χ0v) is 19.3. The number of carbonyl (C=O) groups excluding carboxylic acids is 2. The van der Waals surface area contributed by atoms with Crippen molar-refractivity contribution in [1.29, 1.82) is 0 Å².